The molecule has 1 heterocycles. The number of hydrogen-bond acceptors (Lipinski definition) is 3. The van der Waals surface area contributed by atoms with Gasteiger partial charge in [0.1, 0.15) is 0 Å². The molecule has 0 aromatic heterocycles. The molecule has 0 saturated carbocycles. The van der Waals surface area contributed by atoms with E-state index in [0.717, 1.165) is 25.9 Å². The van der Waals surface area contributed by atoms with Crippen LogP contribution in [0.2, 0.25) is 0 Å². The lowest BCUT2D eigenvalue weighted by Crippen LogP contribution is -2.37. The van der Waals surface area contributed by atoms with E-state index >= 15 is 0 Å². The molecule has 0 spiro atoms. The van der Waals surface area contributed by atoms with Crippen LogP contribution in [0.1, 0.15) is 46.0 Å². The number of carbonyl (C=O) groups is 1. The van der Waals surface area contributed by atoms with Gasteiger partial charge in [0.25, 0.3) is 0 Å². The van der Waals surface area contributed by atoms with E-state index < -0.39 is 0 Å². The monoisotopic (exact) mass is 238 g/mol. The predicted octanol–water partition coefficient (Wildman–Crippen LogP) is 2.10. The molecule has 4 nitrogen and oxygen atoms in total. The fourth-order valence-corrected chi connectivity index (χ4v) is 2.14. The molecule has 1 aliphatic rings. The Morgan fingerprint density at radius 1 is 1.59 bits per heavy atom. The maximum absolute atomic E-state index is 12.0. The second-order valence-electron chi connectivity index (χ2n) is 4.76. The minimum absolute atomic E-state index is 0.144. The highest BCUT2D eigenvalue weighted by Crippen LogP contribution is 2.17. The van der Waals surface area contributed by atoms with E-state index in [1.165, 1.54) is 0 Å². The highest BCUT2D eigenvalue weighted by Gasteiger charge is 2.20. The summed E-state index contributed by atoms with van der Waals surface area (Å²) < 4.78 is 5.50. The van der Waals surface area contributed by atoms with Crippen molar-refractivity contribution in [2.24, 2.45) is 0 Å². The van der Waals surface area contributed by atoms with Gasteiger partial charge in [-0.2, -0.15) is 5.26 Å². The lowest BCUT2D eigenvalue weighted by atomic mass is 10.1. The molecule has 0 bridgehead atoms. The smallest absolute Gasteiger partial charge is 0.222 e. The first-order chi connectivity index (χ1) is 8.15. The minimum Gasteiger partial charge on any atom is -0.378 e. The van der Waals surface area contributed by atoms with Crippen molar-refractivity contribution >= 4 is 5.91 Å². The quantitative estimate of drug-likeness (QED) is 0.712. The molecule has 1 unspecified atom stereocenters. The van der Waals surface area contributed by atoms with Gasteiger partial charge in [-0.05, 0) is 33.1 Å². The number of ether oxygens (including phenoxy) is 1. The summed E-state index contributed by atoms with van der Waals surface area (Å²) in [6.07, 6.45) is 4.21. The maximum atomic E-state index is 12.0. The number of rotatable bonds is 6. The van der Waals surface area contributed by atoms with Crippen LogP contribution >= 0.6 is 0 Å². The fraction of sp³-hybridized carbons (Fsp3) is 0.846. The Morgan fingerprint density at radius 2 is 2.35 bits per heavy atom. The topological polar surface area (TPSA) is 53.3 Å². The van der Waals surface area contributed by atoms with Crippen molar-refractivity contribution in [3.63, 3.8) is 0 Å². The summed E-state index contributed by atoms with van der Waals surface area (Å²) in [6.45, 7) is 5.35. The molecule has 1 rings (SSSR count). The zero-order valence-electron chi connectivity index (χ0n) is 10.8. The molecule has 96 valence electrons. The van der Waals surface area contributed by atoms with E-state index in [-0.39, 0.29) is 18.1 Å². The normalized spacial score (nSPS) is 19.3. The molecule has 0 radical (unpaired) electrons. The van der Waals surface area contributed by atoms with Crippen LogP contribution in [0.15, 0.2) is 0 Å². The van der Waals surface area contributed by atoms with Crippen LogP contribution in [0, 0.1) is 11.3 Å². The average Bonchev–Trinajstić information content (AvgIpc) is 2.79. The Labute approximate surface area is 104 Å². The van der Waals surface area contributed by atoms with Gasteiger partial charge in [0.15, 0.2) is 0 Å². The van der Waals surface area contributed by atoms with Crippen molar-refractivity contribution in [1.29, 1.82) is 5.26 Å². The summed E-state index contributed by atoms with van der Waals surface area (Å²) in [5, 5.41) is 8.57. The van der Waals surface area contributed by atoms with Crippen LogP contribution in [0.25, 0.3) is 0 Å². The summed E-state index contributed by atoms with van der Waals surface area (Å²) in [5.41, 5.74) is 0. The van der Waals surface area contributed by atoms with Crippen molar-refractivity contribution in [1.82, 2.24) is 4.90 Å². The highest BCUT2D eigenvalue weighted by atomic mass is 16.5. The Hall–Kier alpha value is -1.08. The van der Waals surface area contributed by atoms with E-state index in [1.807, 2.05) is 13.8 Å². The van der Waals surface area contributed by atoms with Crippen LogP contribution in [0.5, 0.6) is 0 Å². The molecule has 1 amide bonds. The summed E-state index contributed by atoms with van der Waals surface area (Å²) in [4.78, 5) is 13.8. The molecule has 1 fully saturated rings. The molecule has 1 atom stereocenters. The lowest BCUT2D eigenvalue weighted by molar-refractivity contribution is -0.133. The van der Waals surface area contributed by atoms with Crippen molar-refractivity contribution in [3.8, 4) is 6.07 Å². The van der Waals surface area contributed by atoms with Crippen LogP contribution in [0.4, 0.5) is 0 Å². The number of nitrogens with zero attached hydrogens (tertiary/aromatic N) is 2. The lowest BCUT2D eigenvalue weighted by Gasteiger charge is -2.26. The molecule has 0 aromatic rings. The predicted molar refractivity (Wildman–Crippen MR) is 65.3 cm³/mol. The van der Waals surface area contributed by atoms with Gasteiger partial charge in [-0.1, -0.05) is 0 Å². The van der Waals surface area contributed by atoms with Gasteiger partial charge in [0.05, 0.1) is 18.6 Å². The third kappa shape index (κ3) is 4.74. The van der Waals surface area contributed by atoms with Crippen molar-refractivity contribution in [2.75, 3.05) is 13.2 Å². The number of carbonyl (C=O) groups excluding carboxylic acids is 1. The number of amides is 1. The molecule has 0 aliphatic carbocycles. The van der Waals surface area contributed by atoms with E-state index in [0.29, 0.717) is 19.4 Å². The first kappa shape index (κ1) is 14.0. The molecule has 1 saturated heterocycles. The molecular weight excluding hydrogens is 216 g/mol. The van der Waals surface area contributed by atoms with Gasteiger partial charge in [0, 0.05) is 25.6 Å². The maximum Gasteiger partial charge on any atom is 0.222 e. The zero-order valence-corrected chi connectivity index (χ0v) is 10.8. The third-order valence-corrected chi connectivity index (χ3v) is 3.11. The highest BCUT2D eigenvalue weighted by molar-refractivity contribution is 5.76. The van der Waals surface area contributed by atoms with Gasteiger partial charge in [-0.15, -0.1) is 0 Å². The number of nitriles is 1. The van der Waals surface area contributed by atoms with E-state index in [2.05, 4.69) is 6.07 Å². The summed E-state index contributed by atoms with van der Waals surface area (Å²) >= 11 is 0. The average molecular weight is 238 g/mol. The standard InChI is InChI=1S/C13H22N2O2/c1-11(2)15(9-4-8-14)13(16)7-6-12-5-3-10-17-12/h11-12H,3-7,9-10H2,1-2H3. The van der Waals surface area contributed by atoms with Gasteiger partial charge < -0.3 is 9.64 Å². The largest absolute Gasteiger partial charge is 0.378 e. The second kappa shape index (κ2) is 7.29. The molecule has 4 heteroatoms. The molecule has 1 aliphatic heterocycles. The summed E-state index contributed by atoms with van der Waals surface area (Å²) in [7, 11) is 0. The van der Waals surface area contributed by atoms with Crippen LogP contribution in [-0.2, 0) is 9.53 Å². The summed E-state index contributed by atoms with van der Waals surface area (Å²) in [6, 6.07) is 2.25. The van der Waals surface area contributed by atoms with Crippen molar-refractivity contribution < 1.29 is 9.53 Å². The Morgan fingerprint density at radius 3 is 2.88 bits per heavy atom. The number of hydrogen-bond donors (Lipinski definition) is 0. The van der Waals surface area contributed by atoms with E-state index in [1.54, 1.807) is 4.90 Å². The third-order valence-electron chi connectivity index (χ3n) is 3.11. The van der Waals surface area contributed by atoms with Gasteiger partial charge in [-0.25, -0.2) is 0 Å². The van der Waals surface area contributed by atoms with E-state index in [4.69, 9.17) is 10.00 Å². The van der Waals surface area contributed by atoms with Gasteiger partial charge in [-0.3, -0.25) is 4.79 Å². The van der Waals surface area contributed by atoms with Crippen molar-refractivity contribution in [3.05, 3.63) is 0 Å². The zero-order chi connectivity index (χ0) is 12.7. The minimum atomic E-state index is 0.144. The van der Waals surface area contributed by atoms with Crippen LogP contribution < -0.4 is 0 Å². The molecular formula is C13H22N2O2. The van der Waals surface area contributed by atoms with E-state index in [9.17, 15) is 4.79 Å². The Kier molecular flexibility index (Phi) is 5.99. The molecule has 17 heavy (non-hydrogen) atoms. The fourth-order valence-electron chi connectivity index (χ4n) is 2.14. The van der Waals surface area contributed by atoms with Gasteiger partial charge in [0.2, 0.25) is 5.91 Å². The Bertz CT molecular complexity index is 278. The first-order valence-electron chi connectivity index (χ1n) is 6.43. The second-order valence-corrected chi connectivity index (χ2v) is 4.76. The Balaban J connectivity index is 2.33. The first-order valence-corrected chi connectivity index (χ1v) is 6.43. The molecule has 0 N–H and O–H groups in total. The SMILES string of the molecule is CC(C)N(CCC#N)C(=O)CCC1CCCO1. The summed E-state index contributed by atoms with van der Waals surface area (Å²) in [5.74, 6) is 0.144. The van der Waals surface area contributed by atoms with Crippen LogP contribution in [-0.4, -0.2) is 36.1 Å². The molecule has 0 aromatic carbocycles. The van der Waals surface area contributed by atoms with Crippen LogP contribution in [0.3, 0.4) is 0 Å². The van der Waals surface area contributed by atoms with Gasteiger partial charge >= 0.3 is 0 Å². The van der Waals surface area contributed by atoms with Crippen molar-refractivity contribution in [2.45, 2.75) is 58.1 Å².